The number of pyridine rings is 1. The minimum Gasteiger partial charge on any atom is -0.354 e. The van der Waals surface area contributed by atoms with Gasteiger partial charge in [-0.05, 0) is 100 Å². The summed E-state index contributed by atoms with van der Waals surface area (Å²) in [5.41, 5.74) is 14.4. The van der Waals surface area contributed by atoms with Crippen LogP contribution in [0.15, 0.2) is 237 Å². The predicted molar refractivity (Wildman–Crippen MR) is 268 cm³/mol. The molecule has 0 bridgehead atoms. The Kier molecular flexibility index (Phi) is 7.34. The molecule has 5 nitrogen and oxygen atoms in total. The van der Waals surface area contributed by atoms with Crippen LogP contribution in [0.25, 0.3) is 116 Å². The Morgan fingerprint density at radius 1 is 0.446 bits per heavy atom. The van der Waals surface area contributed by atoms with Gasteiger partial charge in [-0.1, -0.05) is 158 Å². The molecule has 0 fully saturated rings. The van der Waals surface area contributed by atoms with Crippen LogP contribution in [-0.4, -0.2) is 19.1 Å². The maximum absolute atomic E-state index is 9.10. The quantitative estimate of drug-likeness (QED) is 0.160. The van der Waals surface area contributed by atoms with Gasteiger partial charge in [-0.2, -0.15) is 9.13 Å². The van der Waals surface area contributed by atoms with Crippen LogP contribution in [0, 0.1) is 0 Å². The Hall–Kier alpha value is -8.80. The first-order chi connectivity index (χ1) is 34.3. The van der Waals surface area contributed by atoms with E-state index in [1.165, 1.54) is 0 Å². The van der Waals surface area contributed by atoms with E-state index in [-0.39, 0.29) is 29.7 Å². The number of para-hydroxylation sites is 5. The van der Waals surface area contributed by atoms with Gasteiger partial charge in [0.15, 0.2) is 11.0 Å². The highest BCUT2D eigenvalue weighted by molar-refractivity contribution is 6.13. The molecule has 4 heterocycles. The van der Waals surface area contributed by atoms with Crippen molar-refractivity contribution in [1.29, 1.82) is 0 Å². The third-order valence-corrected chi connectivity index (χ3v) is 12.7. The molecule has 0 amide bonds. The molecule has 0 aliphatic rings. The fourth-order valence-electron chi connectivity index (χ4n) is 9.81. The Labute approximate surface area is 382 Å². The molecule has 0 radical (unpaired) electrons. The number of aromatic nitrogens is 5. The molecular formula is C60H40N5+. The zero-order chi connectivity index (χ0) is 47.2. The Morgan fingerprint density at radius 2 is 1.14 bits per heavy atom. The third-order valence-electron chi connectivity index (χ3n) is 12.7. The van der Waals surface area contributed by atoms with Crippen LogP contribution in [0.3, 0.4) is 0 Å². The summed E-state index contributed by atoms with van der Waals surface area (Å²) in [5.74, 6) is 0.855. The second kappa shape index (κ2) is 14.9. The topological polar surface area (TPSA) is 42.4 Å². The number of imidazole rings is 1. The number of H-pyrrole nitrogens is 1. The van der Waals surface area contributed by atoms with Crippen molar-refractivity contribution in [2.75, 3.05) is 0 Å². The van der Waals surface area contributed by atoms with Gasteiger partial charge in [0.05, 0.1) is 17.9 Å². The minimum absolute atomic E-state index is 0.142. The standard InChI is InChI=1S/C60H40N5/c1-3-17-40(18-4-1)45-25-16-26-46(41-19-5-2-6-20-41)60(45)64-39-63(56-29-11-12-30-57(56)64)44-22-15-21-42(35-44)51-38-54-52(47-23-7-9-27-53(47)62-54)37-50(51)43-32-33-49-48-24-8-10-28-55(48)65(58(49)36-43)59-31-13-14-34-61-59/h1-39,62H/q+1/i1D,3D,4D,17D,18D. The normalized spacial score (nSPS) is 12.8. The largest absolute Gasteiger partial charge is 0.354 e. The Bertz CT molecular complexity index is 4220. The zero-order valence-electron chi connectivity index (χ0n) is 39.9. The van der Waals surface area contributed by atoms with Gasteiger partial charge < -0.3 is 4.98 Å². The molecule has 5 heteroatoms. The molecule has 0 aliphatic heterocycles. The summed E-state index contributed by atoms with van der Waals surface area (Å²) in [6.07, 6.45) is 3.89. The summed E-state index contributed by atoms with van der Waals surface area (Å²) >= 11 is 0. The van der Waals surface area contributed by atoms with E-state index in [4.69, 9.17) is 11.8 Å². The van der Waals surface area contributed by atoms with E-state index < -0.39 is 6.04 Å². The number of hydrogen-bond donors (Lipinski definition) is 1. The second-order valence-corrected chi connectivity index (χ2v) is 16.3. The van der Waals surface area contributed by atoms with E-state index in [0.29, 0.717) is 11.3 Å². The van der Waals surface area contributed by atoms with Crippen LogP contribution in [0.5, 0.6) is 0 Å². The van der Waals surface area contributed by atoms with Gasteiger partial charge in [-0.3, -0.25) is 4.57 Å². The van der Waals surface area contributed by atoms with Crippen LogP contribution >= 0.6 is 0 Å². The monoisotopic (exact) mass is 835 g/mol. The number of benzene rings is 9. The van der Waals surface area contributed by atoms with E-state index in [9.17, 15) is 0 Å². The molecule has 13 aromatic rings. The van der Waals surface area contributed by atoms with Crippen molar-refractivity contribution in [1.82, 2.24) is 19.1 Å². The van der Waals surface area contributed by atoms with Gasteiger partial charge in [0.2, 0.25) is 0 Å². The maximum Gasteiger partial charge on any atom is 0.255 e. The van der Waals surface area contributed by atoms with Crippen LogP contribution in [0.2, 0.25) is 0 Å². The molecular weight excluding hydrogens is 791 g/mol. The molecule has 0 saturated carbocycles. The fraction of sp³-hybridized carbons (Fsp3) is 0. The molecule has 9 aromatic carbocycles. The number of nitrogens with one attached hydrogen (secondary N) is 1. The van der Waals surface area contributed by atoms with Crippen molar-refractivity contribution in [2.24, 2.45) is 0 Å². The van der Waals surface area contributed by atoms with Crippen molar-refractivity contribution in [3.63, 3.8) is 0 Å². The van der Waals surface area contributed by atoms with E-state index in [0.717, 1.165) is 99.5 Å². The highest BCUT2D eigenvalue weighted by atomic mass is 15.1. The Morgan fingerprint density at radius 3 is 2.00 bits per heavy atom. The van der Waals surface area contributed by atoms with Crippen molar-refractivity contribution < 1.29 is 11.4 Å². The van der Waals surface area contributed by atoms with Gasteiger partial charge in [-0.25, -0.2) is 4.98 Å². The lowest BCUT2D eigenvalue weighted by atomic mass is 9.92. The van der Waals surface area contributed by atoms with Gasteiger partial charge in [0, 0.05) is 49.9 Å². The fourth-order valence-corrected chi connectivity index (χ4v) is 9.81. The molecule has 0 aliphatic carbocycles. The van der Waals surface area contributed by atoms with Crippen molar-refractivity contribution in [2.45, 2.75) is 0 Å². The summed E-state index contributed by atoms with van der Waals surface area (Å²) in [6, 6.07) is 65.2. The molecule has 0 atom stereocenters. The zero-order valence-corrected chi connectivity index (χ0v) is 34.9. The summed E-state index contributed by atoms with van der Waals surface area (Å²) < 4.78 is 50.4. The van der Waals surface area contributed by atoms with Crippen LogP contribution in [0.1, 0.15) is 6.85 Å². The molecule has 4 aromatic heterocycles. The average molecular weight is 836 g/mol. The number of aromatic amines is 1. The lowest BCUT2D eigenvalue weighted by Crippen LogP contribution is -2.30. The van der Waals surface area contributed by atoms with Crippen molar-refractivity contribution in [3.8, 4) is 61.7 Å². The smallest absolute Gasteiger partial charge is 0.255 e. The lowest BCUT2D eigenvalue weighted by Gasteiger charge is -2.14. The van der Waals surface area contributed by atoms with Crippen molar-refractivity contribution >= 4 is 54.6 Å². The first-order valence-electron chi connectivity index (χ1n) is 24.2. The molecule has 1 N–H and O–H groups in total. The van der Waals surface area contributed by atoms with E-state index in [1.807, 2.05) is 79.0 Å². The van der Waals surface area contributed by atoms with Crippen molar-refractivity contribution in [3.05, 3.63) is 237 Å². The molecule has 65 heavy (non-hydrogen) atoms. The highest BCUT2D eigenvalue weighted by Crippen LogP contribution is 2.42. The summed E-state index contributed by atoms with van der Waals surface area (Å²) in [6.45, 7) is 0. The second-order valence-electron chi connectivity index (χ2n) is 16.3. The van der Waals surface area contributed by atoms with E-state index in [2.05, 4.69) is 146 Å². The van der Waals surface area contributed by atoms with Gasteiger partial charge in [0.25, 0.3) is 6.33 Å². The van der Waals surface area contributed by atoms with Crippen LogP contribution in [-0.2, 0) is 0 Å². The van der Waals surface area contributed by atoms with Gasteiger partial charge in [-0.15, -0.1) is 0 Å². The molecule has 304 valence electrons. The number of fused-ring (bicyclic) bond motifs is 7. The Balaban J connectivity index is 1.04. The maximum atomic E-state index is 9.10. The molecule has 0 unspecified atom stereocenters. The van der Waals surface area contributed by atoms with Crippen LogP contribution in [0.4, 0.5) is 0 Å². The molecule has 0 spiro atoms. The third kappa shape index (κ3) is 6.01. The van der Waals surface area contributed by atoms with Gasteiger partial charge in [0.1, 0.15) is 17.2 Å². The summed E-state index contributed by atoms with van der Waals surface area (Å²) in [4.78, 5) is 8.52. The molecule has 13 rings (SSSR count). The lowest BCUT2D eigenvalue weighted by molar-refractivity contribution is -0.566. The molecule has 0 saturated heterocycles. The SMILES string of the molecule is [2H]c1c([2H])c([2H])c(-c2cccc(-c3ccccc3)c2-[n+]2cn(-c3cccc(-c4cc5[nH]c6ccccc6c5cc4-c4ccc5c6ccccc6n(-c6ccccn6)c5c4)c3)c3ccccc32)c([2H])c1[2H]. The summed E-state index contributed by atoms with van der Waals surface area (Å²) in [5, 5.41) is 4.61. The van der Waals surface area contributed by atoms with Crippen LogP contribution < -0.4 is 4.57 Å². The highest BCUT2D eigenvalue weighted by Gasteiger charge is 2.25. The average Bonchev–Trinajstić information content (AvgIpc) is 4.09. The van der Waals surface area contributed by atoms with E-state index in [1.54, 1.807) is 0 Å². The summed E-state index contributed by atoms with van der Waals surface area (Å²) in [7, 11) is 0. The number of nitrogens with zero attached hydrogens (tertiary/aromatic N) is 4. The first kappa shape index (κ1) is 32.0. The van der Waals surface area contributed by atoms with E-state index >= 15 is 0 Å². The number of rotatable bonds is 7. The number of hydrogen-bond acceptors (Lipinski definition) is 1. The predicted octanol–water partition coefficient (Wildman–Crippen LogP) is 14.7. The van der Waals surface area contributed by atoms with Gasteiger partial charge >= 0.3 is 0 Å². The minimum atomic E-state index is -0.427. The first-order valence-corrected chi connectivity index (χ1v) is 21.7.